The van der Waals surface area contributed by atoms with Crippen LogP contribution in [-0.2, 0) is 16.0 Å². The summed E-state index contributed by atoms with van der Waals surface area (Å²) < 4.78 is 0. The van der Waals surface area contributed by atoms with E-state index in [1.807, 2.05) is 0 Å². The Labute approximate surface area is 166 Å². The number of hydrogen-bond donors (Lipinski definition) is 6. The molecule has 0 aliphatic heterocycles. The molecule has 0 fully saturated rings. The summed E-state index contributed by atoms with van der Waals surface area (Å²) >= 11 is 0. The number of aliphatic hydroxyl groups is 1. The van der Waals surface area contributed by atoms with Gasteiger partial charge < -0.3 is 30.6 Å². The molecular formula is C21H22O8. The van der Waals surface area contributed by atoms with Gasteiger partial charge in [0.2, 0.25) is 0 Å². The molecule has 0 aliphatic rings. The van der Waals surface area contributed by atoms with E-state index in [2.05, 4.69) is 0 Å². The molecule has 0 amide bonds. The van der Waals surface area contributed by atoms with Gasteiger partial charge in [0.15, 0.2) is 17.1 Å². The Kier molecular flexibility index (Phi) is 6.50. The first-order valence-electron chi connectivity index (χ1n) is 8.70. The summed E-state index contributed by atoms with van der Waals surface area (Å²) in [4.78, 5) is 23.5. The smallest absolute Gasteiger partial charge is 0.336 e. The Balaban J connectivity index is 2.28. The zero-order chi connectivity index (χ0) is 21.8. The lowest BCUT2D eigenvalue weighted by Gasteiger charge is -2.29. The lowest BCUT2D eigenvalue weighted by molar-refractivity contribution is -0.174. The fourth-order valence-corrected chi connectivity index (χ4v) is 2.96. The Morgan fingerprint density at radius 3 is 2.21 bits per heavy atom. The third-order valence-corrected chi connectivity index (χ3v) is 4.66. The van der Waals surface area contributed by atoms with Gasteiger partial charge >= 0.3 is 11.9 Å². The van der Waals surface area contributed by atoms with Gasteiger partial charge in [0, 0.05) is 6.42 Å². The number of carbonyl (C=O) groups is 2. The van der Waals surface area contributed by atoms with E-state index in [4.69, 9.17) is 0 Å². The van der Waals surface area contributed by atoms with Gasteiger partial charge in [-0.3, -0.25) is 4.79 Å². The van der Waals surface area contributed by atoms with E-state index in [-0.39, 0.29) is 17.7 Å². The number of phenolic OH excluding ortho intramolecular Hbond substituents is 3. The van der Waals surface area contributed by atoms with Crippen molar-refractivity contribution in [3.8, 4) is 17.2 Å². The van der Waals surface area contributed by atoms with E-state index in [9.17, 15) is 40.2 Å². The van der Waals surface area contributed by atoms with E-state index < -0.39 is 41.4 Å². The second-order valence-corrected chi connectivity index (χ2v) is 6.80. The molecule has 0 bridgehead atoms. The summed E-state index contributed by atoms with van der Waals surface area (Å²) in [7, 11) is 0. The molecule has 8 nitrogen and oxygen atoms in total. The van der Waals surface area contributed by atoms with Crippen LogP contribution in [0, 0.1) is 12.8 Å². The Hall–Kier alpha value is -3.52. The summed E-state index contributed by atoms with van der Waals surface area (Å²) in [6, 6.07) is 8.24. The molecule has 2 aromatic rings. The maximum absolute atomic E-state index is 11.8. The first-order valence-corrected chi connectivity index (χ1v) is 8.70. The van der Waals surface area contributed by atoms with Gasteiger partial charge in [0.05, 0.1) is 5.92 Å². The second-order valence-electron chi connectivity index (χ2n) is 6.80. The predicted molar refractivity (Wildman–Crippen MR) is 104 cm³/mol. The molecule has 0 saturated heterocycles. The van der Waals surface area contributed by atoms with Crippen molar-refractivity contribution in [2.75, 3.05) is 0 Å². The van der Waals surface area contributed by atoms with Gasteiger partial charge in [0.1, 0.15) is 5.75 Å². The van der Waals surface area contributed by atoms with E-state index in [1.165, 1.54) is 18.2 Å². The van der Waals surface area contributed by atoms with Gasteiger partial charge in [-0.15, -0.1) is 0 Å². The van der Waals surface area contributed by atoms with Crippen LogP contribution in [0.4, 0.5) is 0 Å². The molecule has 0 aliphatic carbocycles. The number of hydrogen-bond acceptors (Lipinski definition) is 6. The summed E-state index contributed by atoms with van der Waals surface area (Å²) in [5.74, 6) is -5.71. The highest BCUT2D eigenvalue weighted by Crippen LogP contribution is 2.31. The van der Waals surface area contributed by atoms with Crippen molar-refractivity contribution in [3.05, 3.63) is 59.2 Å². The zero-order valence-corrected chi connectivity index (χ0v) is 15.6. The summed E-state index contributed by atoms with van der Waals surface area (Å²) in [6.45, 7) is 1.70. The van der Waals surface area contributed by atoms with Gasteiger partial charge in [-0.05, 0) is 54.3 Å². The van der Waals surface area contributed by atoms with Crippen LogP contribution in [0.2, 0.25) is 0 Å². The van der Waals surface area contributed by atoms with Crippen molar-refractivity contribution < 1.29 is 40.2 Å². The average molecular weight is 402 g/mol. The summed E-state index contributed by atoms with van der Waals surface area (Å²) in [6.07, 6.45) is 2.14. The fourth-order valence-electron chi connectivity index (χ4n) is 2.96. The topological polar surface area (TPSA) is 156 Å². The van der Waals surface area contributed by atoms with Crippen LogP contribution >= 0.6 is 0 Å². The molecule has 2 aromatic carbocycles. The molecule has 6 N–H and O–H groups in total. The molecule has 0 radical (unpaired) electrons. The minimum absolute atomic E-state index is 0.114. The molecule has 0 unspecified atom stereocenters. The number of aromatic hydroxyl groups is 3. The number of rotatable bonds is 8. The third-order valence-electron chi connectivity index (χ3n) is 4.66. The average Bonchev–Trinajstić information content (AvgIpc) is 2.64. The van der Waals surface area contributed by atoms with Crippen LogP contribution in [0.3, 0.4) is 0 Å². The molecule has 29 heavy (non-hydrogen) atoms. The molecule has 154 valence electrons. The van der Waals surface area contributed by atoms with Gasteiger partial charge in [-0.25, -0.2) is 4.79 Å². The van der Waals surface area contributed by atoms with Gasteiger partial charge in [-0.1, -0.05) is 24.3 Å². The molecule has 2 rings (SSSR count). The molecule has 0 saturated carbocycles. The van der Waals surface area contributed by atoms with Crippen molar-refractivity contribution in [1.29, 1.82) is 0 Å². The number of phenols is 3. The van der Waals surface area contributed by atoms with Crippen molar-refractivity contribution in [1.82, 2.24) is 0 Å². The molecule has 0 aromatic heterocycles. The van der Waals surface area contributed by atoms with E-state index >= 15 is 0 Å². The van der Waals surface area contributed by atoms with Crippen molar-refractivity contribution in [3.63, 3.8) is 0 Å². The van der Waals surface area contributed by atoms with Crippen molar-refractivity contribution >= 4 is 18.0 Å². The number of carboxylic acid groups (broad SMARTS) is 2. The van der Waals surface area contributed by atoms with Crippen LogP contribution in [-0.4, -0.2) is 48.2 Å². The normalized spacial score (nSPS) is 14.4. The first kappa shape index (κ1) is 21.8. The number of benzene rings is 2. The largest absolute Gasteiger partial charge is 0.508 e. The first-order chi connectivity index (χ1) is 13.5. The van der Waals surface area contributed by atoms with Crippen LogP contribution in [0.5, 0.6) is 17.2 Å². The summed E-state index contributed by atoms with van der Waals surface area (Å²) in [5, 5.41) is 58.3. The number of aryl methyl sites for hydroxylation is 1. The van der Waals surface area contributed by atoms with E-state index in [0.29, 0.717) is 11.1 Å². The minimum Gasteiger partial charge on any atom is -0.508 e. The van der Waals surface area contributed by atoms with Crippen molar-refractivity contribution in [2.45, 2.75) is 25.4 Å². The molecule has 2 atom stereocenters. The van der Waals surface area contributed by atoms with Gasteiger partial charge in [0.25, 0.3) is 0 Å². The third kappa shape index (κ3) is 5.05. The molecule has 8 heteroatoms. The van der Waals surface area contributed by atoms with Gasteiger partial charge in [-0.2, -0.15) is 0 Å². The maximum Gasteiger partial charge on any atom is 0.336 e. The quantitative estimate of drug-likeness (QED) is 0.367. The second kappa shape index (κ2) is 8.66. The highest BCUT2D eigenvalue weighted by molar-refractivity contribution is 5.86. The van der Waals surface area contributed by atoms with Crippen LogP contribution < -0.4 is 0 Å². The maximum atomic E-state index is 11.8. The molecular weight excluding hydrogens is 380 g/mol. The lowest BCUT2D eigenvalue weighted by Crippen LogP contribution is -2.50. The fraction of sp³-hybridized carbons (Fsp3) is 0.238. The lowest BCUT2D eigenvalue weighted by atomic mass is 9.80. The predicted octanol–water partition coefficient (Wildman–Crippen LogP) is 2.27. The number of allylic oxidation sites excluding steroid dienone is 1. The summed E-state index contributed by atoms with van der Waals surface area (Å²) in [5.41, 5.74) is -1.21. The van der Waals surface area contributed by atoms with E-state index in [0.717, 1.165) is 12.1 Å². The zero-order valence-electron chi connectivity index (χ0n) is 15.6. The molecule has 0 heterocycles. The monoisotopic (exact) mass is 402 g/mol. The van der Waals surface area contributed by atoms with Crippen molar-refractivity contribution in [2.24, 2.45) is 5.92 Å². The van der Waals surface area contributed by atoms with E-state index in [1.54, 1.807) is 25.1 Å². The Bertz CT molecular complexity index is 950. The van der Waals surface area contributed by atoms with Crippen LogP contribution in [0.25, 0.3) is 6.08 Å². The number of aliphatic carboxylic acids is 2. The Morgan fingerprint density at radius 2 is 1.66 bits per heavy atom. The minimum atomic E-state index is -2.65. The number of carboxylic acids is 2. The standard InChI is InChI=1S/C21H22O8/c1-12-9-13(5-7-16(12)22)3-2-4-15(19(25)26)21(29,20(27)28)11-14-6-8-17(23)18(24)10-14/h2-3,5-10,15,22-24,29H,4,11H2,1H3,(H,25,26)(H,27,28)/b3-2+/t15-,21-/m1/s1. The highest BCUT2D eigenvalue weighted by atomic mass is 16.4. The highest BCUT2D eigenvalue weighted by Gasteiger charge is 2.47. The SMILES string of the molecule is Cc1cc(/C=C/C[C@H](C(=O)O)[C@](O)(Cc2ccc(O)c(O)c2)C(=O)O)ccc1O. The van der Waals surface area contributed by atoms with Crippen LogP contribution in [0.1, 0.15) is 23.1 Å². The Morgan fingerprint density at radius 1 is 1.00 bits per heavy atom. The van der Waals surface area contributed by atoms with Crippen LogP contribution in [0.15, 0.2) is 42.5 Å². The molecule has 0 spiro atoms.